The Kier molecular flexibility index (Phi) is 5.58. The number of methoxy groups -OCH3 is 1. The van der Waals surface area contributed by atoms with E-state index in [4.69, 9.17) is 24.6 Å². The number of hydrogen-bond donors (Lipinski definition) is 2. The van der Waals surface area contributed by atoms with Crippen LogP contribution in [0.2, 0.25) is 0 Å². The lowest BCUT2D eigenvalue weighted by molar-refractivity contribution is -0.139. The molecule has 2 N–H and O–H groups in total. The molecule has 1 fully saturated rings. The van der Waals surface area contributed by atoms with Crippen molar-refractivity contribution in [3.05, 3.63) is 53.6 Å². The van der Waals surface area contributed by atoms with Gasteiger partial charge in [0, 0.05) is 25.0 Å². The molecule has 0 aromatic heterocycles. The Balaban J connectivity index is 1.64. The number of aliphatic carboxylic acids is 1. The summed E-state index contributed by atoms with van der Waals surface area (Å²) in [5, 5.41) is 17.8. The molecule has 1 aliphatic heterocycles. The summed E-state index contributed by atoms with van der Waals surface area (Å²) in [5.41, 5.74) is 1.10. The molecule has 162 valence electrons. The summed E-state index contributed by atoms with van der Waals surface area (Å²) in [6.45, 7) is -0.509. The smallest absolute Gasteiger partial charge is 0.341 e. The van der Waals surface area contributed by atoms with E-state index < -0.39 is 34.7 Å². The minimum absolute atomic E-state index is 0.0440. The number of nitrogens with zero attached hydrogens (tertiary/aromatic N) is 1. The molecule has 1 saturated carbocycles. The number of carbonyl (C=O) groups is 1. The number of carboxylic acids is 1. The minimum Gasteiger partial charge on any atom is -0.485 e. The van der Waals surface area contributed by atoms with Crippen LogP contribution in [-0.4, -0.2) is 51.5 Å². The third-order valence-corrected chi connectivity index (χ3v) is 7.00. The van der Waals surface area contributed by atoms with Gasteiger partial charge in [-0.05, 0) is 30.3 Å². The normalized spacial score (nSPS) is 24.0. The number of fused-ring (bicyclic) bond motifs is 3. The van der Waals surface area contributed by atoms with Crippen molar-refractivity contribution in [2.75, 3.05) is 13.7 Å². The summed E-state index contributed by atoms with van der Waals surface area (Å²) >= 11 is 0. The third kappa shape index (κ3) is 3.95. The van der Waals surface area contributed by atoms with Crippen LogP contribution >= 0.6 is 0 Å². The molecule has 2 aliphatic rings. The van der Waals surface area contributed by atoms with Crippen LogP contribution in [0.1, 0.15) is 23.5 Å². The lowest BCUT2D eigenvalue weighted by atomic mass is 9.94. The molecule has 0 spiro atoms. The zero-order valence-electron chi connectivity index (χ0n) is 16.5. The number of carboxylic acid groups (broad SMARTS) is 1. The zero-order valence-corrected chi connectivity index (χ0v) is 17.3. The summed E-state index contributed by atoms with van der Waals surface area (Å²) in [7, 11) is -2.37. The first-order valence-corrected chi connectivity index (χ1v) is 11.0. The van der Waals surface area contributed by atoms with E-state index in [1.165, 1.54) is 31.4 Å². The molecule has 1 aliphatic carbocycles. The summed E-state index contributed by atoms with van der Waals surface area (Å²) < 4.78 is 45.7. The number of nitriles is 1. The monoisotopic (exact) mass is 444 g/mol. The first-order valence-electron chi connectivity index (χ1n) is 9.53. The molecule has 4 atom stereocenters. The molecule has 0 bridgehead atoms. The Morgan fingerprint density at radius 1 is 1.29 bits per heavy atom. The third-order valence-electron chi connectivity index (χ3n) is 5.53. The van der Waals surface area contributed by atoms with Crippen LogP contribution in [0, 0.1) is 11.3 Å². The summed E-state index contributed by atoms with van der Waals surface area (Å²) in [4.78, 5) is 10.9. The van der Waals surface area contributed by atoms with Crippen molar-refractivity contribution in [3.63, 3.8) is 0 Å². The van der Waals surface area contributed by atoms with Gasteiger partial charge >= 0.3 is 5.97 Å². The summed E-state index contributed by atoms with van der Waals surface area (Å²) in [5.74, 6) is -0.711. The van der Waals surface area contributed by atoms with E-state index in [0.717, 1.165) is 5.56 Å². The number of sulfonamides is 1. The van der Waals surface area contributed by atoms with Crippen molar-refractivity contribution in [1.29, 1.82) is 5.26 Å². The largest absolute Gasteiger partial charge is 0.485 e. The van der Waals surface area contributed by atoms with Crippen molar-refractivity contribution in [3.8, 4) is 17.6 Å². The Labute approximate surface area is 179 Å². The van der Waals surface area contributed by atoms with Crippen molar-refractivity contribution < 1.29 is 32.5 Å². The number of ether oxygens (including phenoxy) is 3. The quantitative estimate of drug-likeness (QED) is 0.658. The van der Waals surface area contributed by atoms with Crippen LogP contribution < -0.4 is 14.2 Å². The van der Waals surface area contributed by atoms with Crippen molar-refractivity contribution >= 4 is 16.0 Å². The maximum Gasteiger partial charge on any atom is 0.341 e. The number of hydrogen-bond acceptors (Lipinski definition) is 7. The molecule has 31 heavy (non-hydrogen) atoms. The average molecular weight is 444 g/mol. The second-order valence-corrected chi connectivity index (χ2v) is 9.05. The van der Waals surface area contributed by atoms with Crippen LogP contribution in [0.15, 0.2) is 47.4 Å². The average Bonchev–Trinajstić information content (AvgIpc) is 3.28. The SMILES string of the molecule is COC1CC2Oc3c(OCC(=O)O)cccc3C2C1NS(=O)(=O)c1ccc(C#N)cc1. The first kappa shape index (κ1) is 21.1. The van der Waals surface area contributed by atoms with E-state index in [2.05, 4.69) is 4.72 Å². The molecule has 0 amide bonds. The van der Waals surface area contributed by atoms with Crippen molar-refractivity contribution in [2.45, 2.75) is 35.5 Å². The fraction of sp³-hybridized carbons (Fsp3) is 0.333. The van der Waals surface area contributed by atoms with Gasteiger partial charge in [0.1, 0.15) is 6.10 Å². The van der Waals surface area contributed by atoms with Gasteiger partial charge in [0.25, 0.3) is 0 Å². The fourth-order valence-corrected chi connectivity index (χ4v) is 5.46. The van der Waals surface area contributed by atoms with E-state index >= 15 is 0 Å². The zero-order chi connectivity index (χ0) is 22.2. The highest BCUT2D eigenvalue weighted by Crippen LogP contribution is 2.51. The molecule has 9 nitrogen and oxygen atoms in total. The number of benzene rings is 2. The predicted octanol–water partition coefficient (Wildman–Crippen LogP) is 1.63. The van der Waals surface area contributed by atoms with E-state index in [1.807, 2.05) is 12.1 Å². The van der Waals surface area contributed by atoms with Gasteiger partial charge in [0.2, 0.25) is 10.0 Å². The summed E-state index contributed by atoms with van der Waals surface area (Å²) in [6, 6.07) is 12.2. The van der Waals surface area contributed by atoms with E-state index in [1.54, 1.807) is 12.1 Å². The maximum absolute atomic E-state index is 13.0. The molecule has 0 radical (unpaired) electrons. The van der Waals surface area contributed by atoms with Crippen LogP contribution in [0.3, 0.4) is 0 Å². The van der Waals surface area contributed by atoms with Gasteiger partial charge in [-0.2, -0.15) is 5.26 Å². The van der Waals surface area contributed by atoms with Gasteiger partial charge in [-0.25, -0.2) is 17.9 Å². The topological polar surface area (TPSA) is 135 Å². The lowest BCUT2D eigenvalue weighted by Crippen LogP contribution is -2.44. The Morgan fingerprint density at radius 2 is 2.03 bits per heavy atom. The van der Waals surface area contributed by atoms with Gasteiger partial charge in [-0.1, -0.05) is 12.1 Å². The Morgan fingerprint density at radius 3 is 2.68 bits per heavy atom. The highest BCUT2D eigenvalue weighted by Gasteiger charge is 2.52. The van der Waals surface area contributed by atoms with Gasteiger partial charge in [-0.3, -0.25) is 0 Å². The van der Waals surface area contributed by atoms with Gasteiger partial charge in [-0.15, -0.1) is 0 Å². The highest BCUT2D eigenvalue weighted by atomic mass is 32.2. The second kappa shape index (κ2) is 8.19. The van der Waals surface area contributed by atoms with Gasteiger partial charge < -0.3 is 19.3 Å². The molecule has 1 heterocycles. The van der Waals surface area contributed by atoms with E-state index in [0.29, 0.717) is 23.5 Å². The molecule has 4 rings (SSSR count). The lowest BCUT2D eigenvalue weighted by Gasteiger charge is -2.24. The van der Waals surface area contributed by atoms with Crippen LogP contribution in [0.25, 0.3) is 0 Å². The van der Waals surface area contributed by atoms with Crippen LogP contribution in [0.5, 0.6) is 11.5 Å². The number of nitrogens with one attached hydrogen (secondary N) is 1. The highest BCUT2D eigenvalue weighted by molar-refractivity contribution is 7.89. The maximum atomic E-state index is 13.0. The number of rotatable bonds is 7. The predicted molar refractivity (Wildman–Crippen MR) is 107 cm³/mol. The minimum atomic E-state index is -3.89. The number of para-hydroxylation sites is 1. The molecule has 4 unspecified atom stereocenters. The van der Waals surface area contributed by atoms with Crippen molar-refractivity contribution in [2.24, 2.45) is 0 Å². The van der Waals surface area contributed by atoms with Crippen LogP contribution in [-0.2, 0) is 19.6 Å². The standard InChI is InChI=1S/C21H20N2O7S/c1-28-17-9-16-19(14-3-2-4-15(21(14)30-16)29-11-18(24)25)20(17)23-31(26,27)13-7-5-12(10-22)6-8-13/h2-8,16-17,19-20,23H,9,11H2,1H3,(H,24,25). The molecule has 2 aromatic rings. The van der Waals surface area contributed by atoms with Crippen LogP contribution in [0.4, 0.5) is 0 Å². The molecular weight excluding hydrogens is 424 g/mol. The first-order chi connectivity index (χ1) is 14.8. The Bertz CT molecular complexity index is 1140. The van der Waals surface area contributed by atoms with Gasteiger partial charge in [0.15, 0.2) is 18.1 Å². The van der Waals surface area contributed by atoms with Crippen molar-refractivity contribution in [1.82, 2.24) is 4.72 Å². The van der Waals surface area contributed by atoms with E-state index in [9.17, 15) is 13.2 Å². The van der Waals surface area contributed by atoms with E-state index in [-0.39, 0.29) is 16.9 Å². The Hall–Kier alpha value is -3.13. The molecule has 0 saturated heterocycles. The molecule has 10 heteroatoms. The van der Waals surface area contributed by atoms with Gasteiger partial charge in [0.05, 0.1) is 28.7 Å². The summed E-state index contributed by atoms with van der Waals surface area (Å²) in [6.07, 6.45) is -0.308. The molecule has 2 aromatic carbocycles. The molecular formula is C21H20N2O7S. The second-order valence-electron chi connectivity index (χ2n) is 7.33. The fourth-order valence-electron chi connectivity index (χ4n) is 4.17.